The summed E-state index contributed by atoms with van der Waals surface area (Å²) in [5.74, 6) is 1.33. The highest BCUT2D eigenvalue weighted by molar-refractivity contribution is 7.98. The van der Waals surface area contributed by atoms with Gasteiger partial charge < -0.3 is 10.6 Å². The molecular weight excluding hydrogens is 196 g/mol. The summed E-state index contributed by atoms with van der Waals surface area (Å²) in [6.07, 6.45) is 4.89. The average Bonchev–Trinajstić information content (AvgIpc) is 2.21. The average molecular weight is 218 g/mol. The third-order valence-corrected chi connectivity index (χ3v) is 2.80. The van der Waals surface area contributed by atoms with Gasteiger partial charge in [-0.1, -0.05) is 0 Å². The molecule has 0 saturated heterocycles. The van der Waals surface area contributed by atoms with Gasteiger partial charge in [-0.15, -0.1) is 0 Å². The van der Waals surface area contributed by atoms with Crippen LogP contribution < -0.4 is 10.6 Å². The number of amides is 1. The first kappa shape index (κ1) is 13.8. The second-order valence-electron chi connectivity index (χ2n) is 3.44. The first-order valence-corrected chi connectivity index (χ1v) is 6.53. The van der Waals surface area contributed by atoms with E-state index in [9.17, 15) is 4.79 Å². The van der Waals surface area contributed by atoms with Gasteiger partial charge in [0.2, 0.25) is 5.91 Å². The fraction of sp³-hybridized carbons (Fsp3) is 0.900. The molecular formula is C10H22N2OS. The molecule has 0 aliphatic carbocycles. The molecule has 4 heteroatoms. The summed E-state index contributed by atoms with van der Waals surface area (Å²) >= 11 is 1.83. The number of nitrogens with one attached hydrogen (secondary N) is 2. The van der Waals surface area contributed by atoms with Crippen LogP contribution in [0.3, 0.4) is 0 Å². The summed E-state index contributed by atoms with van der Waals surface area (Å²) in [7, 11) is 1.90. The highest BCUT2D eigenvalue weighted by Crippen LogP contribution is 2.01. The molecule has 0 aliphatic rings. The molecule has 0 aliphatic heterocycles. The van der Waals surface area contributed by atoms with Crippen LogP contribution in [-0.2, 0) is 4.79 Å². The lowest BCUT2D eigenvalue weighted by Gasteiger charge is -2.11. The minimum Gasteiger partial charge on any atom is -0.355 e. The Kier molecular flexibility index (Phi) is 9.19. The van der Waals surface area contributed by atoms with Crippen LogP contribution in [0.25, 0.3) is 0 Å². The van der Waals surface area contributed by atoms with E-state index >= 15 is 0 Å². The topological polar surface area (TPSA) is 41.1 Å². The van der Waals surface area contributed by atoms with Crippen LogP contribution >= 0.6 is 11.8 Å². The van der Waals surface area contributed by atoms with Gasteiger partial charge in [0, 0.05) is 19.0 Å². The lowest BCUT2D eigenvalue weighted by Crippen LogP contribution is -2.37. The Balaban J connectivity index is 3.28. The molecule has 14 heavy (non-hydrogen) atoms. The molecule has 0 radical (unpaired) electrons. The number of unbranched alkanes of at least 4 members (excludes halogenated alkanes) is 1. The maximum atomic E-state index is 11.3. The van der Waals surface area contributed by atoms with E-state index in [1.807, 2.05) is 25.7 Å². The summed E-state index contributed by atoms with van der Waals surface area (Å²) in [4.78, 5) is 11.3. The van der Waals surface area contributed by atoms with Crippen molar-refractivity contribution in [3.8, 4) is 0 Å². The Bertz CT molecular complexity index is 153. The van der Waals surface area contributed by atoms with Crippen LogP contribution in [0.4, 0.5) is 0 Å². The molecule has 0 rings (SSSR count). The van der Waals surface area contributed by atoms with Crippen molar-refractivity contribution in [1.29, 1.82) is 0 Å². The minimum absolute atomic E-state index is 0.174. The lowest BCUT2D eigenvalue weighted by molar-refractivity contribution is -0.121. The highest BCUT2D eigenvalue weighted by atomic mass is 32.2. The second-order valence-corrected chi connectivity index (χ2v) is 4.43. The molecule has 0 saturated carbocycles. The largest absolute Gasteiger partial charge is 0.355 e. The number of hydrogen-bond donors (Lipinski definition) is 2. The smallest absolute Gasteiger partial charge is 0.220 e. The van der Waals surface area contributed by atoms with Crippen molar-refractivity contribution >= 4 is 17.7 Å². The number of thioether (sulfide) groups is 1. The molecule has 3 nitrogen and oxygen atoms in total. The van der Waals surface area contributed by atoms with E-state index < -0.39 is 0 Å². The summed E-state index contributed by atoms with van der Waals surface area (Å²) in [5.41, 5.74) is 0. The third kappa shape index (κ3) is 8.38. The Labute approximate surface area is 91.4 Å². The zero-order valence-electron chi connectivity index (χ0n) is 9.43. The molecule has 84 valence electrons. The van der Waals surface area contributed by atoms with Crippen LogP contribution in [0.15, 0.2) is 0 Å². The Morgan fingerprint density at radius 3 is 2.71 bits per heavy atom. The number of carbonyl (C=O) groups excluding carboxylic acids is 1. The number of carbonyl (C=O) groups is 1. The molecule has 2 N–H and O–H groups in total. The van der Waals surface area contributed by atoms with Crippen molar-refractivity contribution in [1.82, 2.24) is 10.6 Å². The summed E-state index contributed by atoms with van der Waals surface area (Å²) in [6.45, 7) is 2.77. The predicted molar refractivity (Wildman–Crippen MR) is 63.8 cm³/mol. The van der Waals surface area contributed by atoms with Gasteiger partial charge in [-0.2, -0.15) is 11.8 Å². The van der Waals surface area contributed by atoms with Gasteiger partial charge in [-0.05, 0) is 38.8 Å². The Morgan fingerprint density at radius 2 is 2.14 bits per heavy atom. The van der Waals surface area contributed by atoms with Crippen LogP contribution in [0.1, 0.15) is 26.2 Å². The first-order valence-electron chi connectivity index (χ1n) is 5.13. The Morgan fingerprint density at radius 1 is 1.43 bits per heavy atom. The number of rotatable bonds is 8. The van der Waals surface area contributed by atoms with Gasteiger partial charge in [-0.3, -0.25) is 4.79 Å². The molecule has 0 aromatic carbocycles. The zero-order chi connectivity index (χ0) is 10.8. The Hall–Kier alpha value is -0.220. The SMILES string of the molecule is CNC(C)CNC(=O)CCCCSC. The lowest BCUT2D eigenvalue weighted by atomic mass is 10.2. The quantitative estimate of drug-likeness (QED) is 0.602. The van der Waals surface area contributed by atoms with E-state index in [0.29, 0.717) is 12.5 Å². The first-order chi connectivity index (χ1) is 6.70. The third-order valence-electron chi connectivity index (χ3n) is 2.10. The molecule has 0 aromatic rings. The van der Waals surface area contributed by atoms with Crippen molar-refractivity contribution in [2.75, 3.05) is 25.6 Å². The van der Waals surface area contributed by atoms with Crippen LogP contribution in [0.5, 0.6) is 0 Å². The standard InChI is InChI=1S/C10H22N2OS/c1-9(11-2)8-12-10(13)6-4-5-7-14-3/h9,11H,4-8H2,1-3H3,(H,12,13). The molecule has 1 atom stereocenters. The second kappa shape index (κ2) is 9.34. The number of hydrogen-bond acceptors (Lipinski definition) is 3. The van der Waals surface area contributed by atoms with E-state index in [4.69, 9.17) is 0 Å². The fourth-order valence-corrected chi connectivity index (χ4v) is 1.48. The molecule has 1 amide bonds. The molecule has 0 fully saturated rings. The summed E-state index contributed by atoms with van der Waals surface area (Å²) in [5, 5.41) is 5.98. The molecule has 1 unspecified atom stereocenters. The minimum atomic E-state index is 0.174. The van der Waals surface area contributed by atoms with Gasteiger partial charge >= 0.3 is 0 Å². The van der Waals surface area contributed by atoms with E-state index in [2.05, 4.69) is 16.9 Å². The van der Waals surface area contributed by atoms with E-state index in [1.165, 1.54) is 0 Å². The van der Waals surface area contributed by atoms with Gasteiger partial charge in [0.05, 0.1) is 0 Å². The molecule has 0 aromatic heterocycles. The predicted octanol–water partition coefficient (Wildman–Crippen LogP) is 1.24. The number of likely N-dealkylation sites (N-methyl/N-ethyl adjacent to an activating group) is 1. The normalized spacial score (nSPS) is 12.5. The van der Waals surface area contributed by atoms with Gasteiger partial charge in [-0.25, -0.2) is 0 Å². The molecule has 0 spiro atoms. The van der Waals surface area contributed by atoms with Crippen molar-refractivity contribution in [3.63, 3.8) is 0 Å². The molecule has 0 bridgehead atoms. The summed E-state index contributed by atoms with van der Waals surface area (Å²) < 4.78 is 0. The van der Waals surface area contributed by atoms with E-state index in [1.54, 1.807) is 0 Å². The maximum absolute atomic E-state index is 11.3. The van der Waals surface area contributed by atoms with Crippen LogP contribution in [0.2, 0.25) is 0 Å². The zero-order valence-corrected chi connectivity index (χ0v) is 10.2. The maximum Gasteiger partial charge on any atom is 0.220 e. The monoisotopic (exact) mass is 218 g/mol. The van der Waals surface area contributed by atoms with Gasteiger partial charge in [0.25, 0.3) is 0 Å². The van der Waals surface area contributed by atoms with E-state index in [0.717, 1.165) is 25.1 Å². The summed E-state index contributed by atoms with van der Waals surface area (Å²) in [6, 6.07) is 0.352. The van der Waals surface area contributed by atoms with Gasteiger partial charge in [0.1, 0.15) is 0 Å². The van der Waals surface area contributed by atoms with Crippen molar-refractivity contribution in [3.05, 3.63) is 0 Å². The van der Waals surface area contributed by atoms with Crippen molar-refractivity contribution in [2.45, 2.75) is 32.2 Å². The highest BCUT2D eigenvalue weighted by Gasteiger charge is 2.02. The van der Waals surface area contributed by atoms with Crippen molar-refractivity contribution in [2.24, 2.45) is 0 Å². The fourth-order valence-electron chi connectivity index (χ4n) is 0.989. The van der Waals surface area contributed by atoms with Crippen LogP contribution in [0, 0.1) is 0 Å². The van der Waals surface area contributed by atoms with E-state index in [-0.39, 0.29) is 5.91 Å². The molecule has 0 heterocycles. The van der Waals surface area contributed by atoms with Crippen molar-refractivity contribution < 1.29 is 4.79 Å². The van der Waals surface area contributed by atoms with Gasteiger partial charge in [0.15, 0.2) is 0 Å². The van der Waals surface area contributed by atoms with Crippen LogP contribution in [-0.4, -0.2) is 37.6 Å².